The Morgan fingerprint density at radius 1 is 1.00 bits per heavy atom. The van der Waals surface area contributed by atoms with Gasteiger partial charge in [-0.3, -0.25) is 9.78 Å². The molecule has 0 fully saturated rings. The van der Waals surface area contributed by atoms with E-state index in [-0.39, 0.29) is 17.4 Å². The molecule has 0 aliphatic rings. The van der Waals surface area contributed by atoms with E-state index < -0.39 is 0 Å². The van der Waals surface area contributed by atoms with Crippen molar-refractivity contribution in [2.24, 2.45) is 0 Å². The highest BCUT2D eigenvalue weighted by Gasteiger charge is 2.21. The van der Waals surface area contributed by atoms with Crippen molar-refractivity contribution >= 4 is 0 Å². The number of hydrogen-bond acceptors (Lipinski definition) is 7. The molecule has 0 aliphatic carbocycles. The first kappa shape index (κ1) is 27.6. The number of nitrogens with zero attached hydrogens (tertiary/aromatic N) is 6. The molecule has 0 aliphatic heterocycles. The van der Waals surface area contributed by atoms with Crippen LogP contribution in [0.4, 0.5) is 0 Å². The summed E-state index contributed by atoms with van der Waals surface area (Å²) in [5.41, 5.74) is 4.24. The number of nitriles is 1. The smallest absolute Gasteiger partial charge is 0.264 e. The van der Waals surface area contributed by atoms with Crippen LogP contribution in [0.2, 0.25) is 0 Å². The fraction of sp³-hybridized carbons (Fsp3) is 0.355. The molecule has 0 saturated heterocycles. The van der Waals surface area contributed by atoms with Crippen molar-refractivity contribution in [3.05, 3.63) is 93.6 Å². The maximum absolute atomic E-state index is 14.1. The molecule has 8 heteroatoms. The number of aryl methyl sites for hydroxylation is 1. The number of benzene rings is 1. The zero-order chi connectivity index (χ0) is 27.8. The van der Waals surface area contributed by atoms with Crippen molar-refractivity contribution in [3.8, 4) is 29.0 Å². The van der Waals surface area contributed by atoms with Crippen LogP contribution in [0, 0.1) is 11.3 Å². The standard InChI is InChI=1S/C31H34N6O2/c1-5-7-8-13-28-26(16-22-14-15-27(33-18-22)25-12-10-9-11-23(25)17-32)30(38)37(29(36-28)21(3)4)31-34-19-24(20-35-31)39-6-2/h9-12,14-15,18-21H,5-8,13,16H2,1-4H3. The minimum absolute atomic E-state index is 0.00649. The van der Waals surface area contributed by atoms with E-state index in [0.717, 1.165) is 42.5 Å². The predicted octanol–water partition coefficient (Wildman–Crippen LogP) is 5.80. The molecule has 8 nitrogen and oxygen atoms in total. The molecule has 0 bridgehead atoms. The van der Waals surface area contributed by atoms with E-state index in [4.69, 9.17) is 9.72 Å². The molecule has 0 spiro atoms. The maximum atomic E-state index is 14.1. The molecule has 0 atom stereocenters. The number of ether oxygens (including phenoxy) is 1. The van der Waals surface area contributed by atoms with Gasteiger partial charge in [0.05, 0.1) is 42.0 Å². The van der Waals surface area contributed by atoms with Crippen molar-refractivity contribution in [1.82, 2.24) is 24.5 Å². The number of pyridine rings is 1. The molecule has 0 radical (unpaired) electrons. The number of aromatic nitrogens is 5. The topological polar surface area (TPSA) is 107 Å². The summed E-state index contributed by atoms with van der Waals surface area (Å²) in [5.74, 6) is 1.46. The van der Waals surface area contributed by atoms with Gasteiger partial charge in [-0.25, -0.2) is 19.5 Å². The molecule has 200 valence electrons. The lowest BCUT2D eigenvalue weighted by Crippen LogP contribution is -2.31. The molecule has 1 aromatic carbocycles. The van der Waals surface area contributed by atoms with Gasteiger partial charge in [-0.15, -0.1) is 0 Å². The Hall–Kier alpha value is -4.38. The lowest BCUT2D eigenvalue weighted by atomic mass is 10.00. The summed E-state index contributed by atoms with van der Waals surface area (Å²) < 4.78 is 7.02. The third-order valence-electron chi connectivity index (χ3n) is 6.48. The zero-order valence-electron chi connectivity index (χ0n) is 23.0. The van der Waals surface area contributed by atoms with E-state index in [1.54, 1.807) is 24.7 Å². The Labute approximate surface area is 229 Å². The minimum atomic E-state index is -0.164. The number of hydrogen-bond donors (Lipinski definition) is 0. The summed E-state index contributed by atoms with van der Waals surface area (Å²) in [4.78, 5) is 32.6. The van der Waals surface area contributed by atoms with Crippen LogP contribution in [0.1, 0.15) is 81.1 Å². The molecule has 3 heterocycles. The van der Waals surface area contributed by atoms with Crippen LogP contribution in [0.3, 0.4) is 0 Å². The summed E-state index contributed by atoms with van der Waals surface area (Å²) in [5, 5.41) is 9.46. The van der Waals surface area contributed by atoms with Gasteiger partial charge in [0, 0.05) is 29.7 Å². The lowest BCUT2D eigenvalue weighted by Gasteiger charge is -2.18. The van der Waals surface area contributed by atoms with Crippen LogP contribution in [-0.2, 0) is 12.8 Å². The Balaban J connectivity index is 1.77. The highest BCUT2D eigenvalue weighted by atomic mass is 16.5. The summed E-state index contributed by atoms with van der Waals surface area (Å²) >= 11 is 0. The Morgan fingerprint density at radius 2 is 1.77 bits per heavy atom. The zero-order valence-corrected chi connectivity index (χ0v) is 23.0. The lowest BCUT2D eigenvalue weighted by molar-refractivity contribution is 0.337. The van der Waals surface area contributed by atoms with Gasteiger partial charge in [0.25, 0.3) is 5.56 Å². The SMILES string of the molecule is CCCCCc1nc(C(C)C)n(-c2ncc(OCC)cn2)c(=O)c1Cc1ccc(-c2ccccc2C#N)nc1. The highest BCUT2D eigenvalue weighted by Crippen LogP contribution is 2.23. The Kier molecular flexibility index (Phi) is 9.16. The van der Waals surface area contributed by atoms with E-state index in [9.17, 15) is 10.1 Å². The first-order chi connectivity index (χ1) is 19.0. The fourth-order valence-electron chi connectivity index (χ4n) is 4.49. The molecule has 0 N–H and O–H groups in total. The van der Waals surface area contributed by atoms with Crippen LogP contribution in [0.25, 0.3) is 17.2 Å². The molecule has 0 unspecified atom stereocenters. The molecule has 0 amide bonds. The van der Waals surface area contributed by atoms with Crippen molar-refractivity contribution in [3.63, 3.8) is 0 Å². The molecule has 4 aromatic rings. The van der Waals surface area contributed by atoms with Crippen LogP contribution < -0.4 is 10.3 Å². The van der Waals surface area contributed by atoms with Gasteiger partial charge < -0.3 is 4.74 Å². The number of unbranched alkanes of at least 4 members (excludes halogenated alkanes) is 2. The fourth-order valence-corrected chi connectivity index (χ4v) is 4.49. The third-order valence-corrected chi connectivity index (χ3v) is 6.48. The molecular formula is C31H34N6O2. The third kappa shape index (κ3) is 6.37. The molecule has 3 aromatic heterocycles. The normalized spacial score (nSPS) is 11.0. The van der Waals surface area contributed by atoms with Gasteiger partial charge in [0.1, 0.15) is 5.82 Å². The average Bonchev–Trinajstić information content (AvgIpc) is 2.95. The molecule has 0 saturated carbocycles. The number of rotatable bonds is 11. The van der Waals surface area contributed by atoms with Crippen molar-refractivity contribution in [1.29, 1.82) is 5.26 Å². The monoisotopic (exact) mass is 522 g/mol. The van der Waals surface area contributed by atoms with E-state index in [1.807, 2.05) is 51.1 Å². The van der Waals surface area contributed by atoms with E-state index in [1.165, 1.54) is 4.57 Å². The van der Waals surface area contributed by atoms with Crippen LogP contribution in [0.15, 0.2) is 59.8 Å². The quantitative estimate of drug-likeness (QED) is 0.229. The van der Waals surface area contributed by atoms with Gasteiger partial charge >= 0.3 is 0 Å². The van der Waals surface area contributed by atoms with Crippen molar-refractivity contribution < 1.29 is 4.74 Å². The predicted molar refractivity (Wildman–Crippen MR) is 151 cm³/mol. The van der Waals surface area contributed by atoms with E-state index in [0.29, 0.717) is 41.4 Å². The summed E-state index contributed by atoms with van der Waals surface area (Å²) in [6.07, 6.45) is 9.15. The van der Waals surface area contributed by atoms with E-state index in [2.05, 4.69) is 27.9 Å². The van der Waals surface area contributed by atoms with Gasteiger partial charge in [0.15, 0.2) is 5.75 Å². The maximum Gasteiger partial charge on any atom is 0.264 e. The second-order valence-corrected chi connectivity index (χ2v) is 9.69. The van der Waals surface area contributed by atoms with Gasteiger partial charge in [-0.1, -0.05) is 57.9 Å². The van der Waals surface area contributed by atoms with Crippen LogP contribution in [-0.4, -0.2) is 31.1 Å². The van der Waals surface area contributed by atoms with Crippen LogP contribution >= 0.6 is 0 Å². The Morgan fingerprint density at radius 3 is 2.41 bits per heavy atom. The Bertz CT molecular complexity index is 1500. The summed E-state index contributed by atoms with van der Waals surface area (Å²) in [7, 11) is 0. The van der Waals surface area contributed by atoms with Crippen molar-refractivity contribution in [2.75, 3.05) is 6.61 Å². The van der Waals surface area contributed by atoms with E-state index >= 15 is 0 Å². The first-order valence-electron chi connectivity index (χ1n) is 13.5. The largest absolute Gasteiger partial charge is 0.491 e. The molecule has 4 rings (SSSR count). The van der Waals surface area contributed by atoms with Gasteiger partial charge in [0.2, 0.25) is 5.95 Å². The highest BCUT2D eigenvalue weighted by molar-refractivity contribution is 5.67. The van der Waals surface area contributed by atoms with Crippen LogP contribution in [0.5, 0.6) is 5.75 Å². The second-order valence-electron chi connectivity index (χ2n) is 9.69. The first-order valence-corrected chi connectivity index (χ1v) is 13.5. The molecule has 39 heavy (non-hydrogen) atoms. The molecular weight excluding hydrogens is 488 g/mol. The summed E-state index contributed by atoms with van der Waals surface area (Å²) in [6.45, 7) is 8.60. The van der Waals surface area contributed by atoms with Crippen molar-refractivity contribution in [2.45, 2.75) is 65.7 Å². The van der Waals surface area contributed by atoms with Gasteiger partial charge in [-0.05, 0) is 37.5 Å². The second kappa shape index (κ2) is 12.9. The average molecular weight is 523 g/mol. The van der Waals surface area contributed by atoms with Gasteiger partial charge in [-0.2, -0.15) is 5.26 Å². The summed E-state index contributed by atoms with van der Waals surface area (Å²) in [6, 6.07) is 13.5. The minimum Gasteiger partial charge on any atom is -0.491 e.